The van der Waals surface area contributed by atoms with E-state index in [1.54, 1.807) is 25.3 Å². The highest BCUT2D eigenvalue weighted by Crippen LogP contribution is 2.21. The SMILES string of the molecule is COCCNCC(=O)NN(C(=O)CC(C)C)C(Cc1ccccc1)[C@H](O)CN(CC(C)C)S(=O)(=O)c1ccccc1. The van der Waals surface area contributed by atoms with E-state index in [4.69, 9.17) is 4.74 Å². The number of aliphatic hydroxyl groups excluding tert-OH is 1. The second kappa shape index (κ2) is 17.2. The van der Waals surface area contributed by atoms with Crippen molar-refractivity contribution in [2.45, 2.75) is 57.6 Å². The minimum absolute atomic E-state index is 0.00727. The van der Waals surface area contributed by atoms with Crippen LogP contribution in [0.15, 0.2) is 65.6 Å². The van der Waals surface area contributed by atoms with Gasteiger partial charge in [-0.25, -0.2) is 13.4 Å². The first-order valence-corrected chi connectivity index (χ1v) is 15.5. The standard InChI is InChI=1S/C30H46N4O6S/c1-23(2)18-30(37)34(32-29(36)20-31-16-17-40-5)27(19-25-12-8-6-9-13-25)28(35)22-33(21-24(3)4)41(38,39)26-14-10-7-11-15-26/h6-15,23-24,27-28,31,35H,16-22H2,1-5H3,(H,32,36)/t27?,28-/m1/s1. The molecule has 0 aliphatic carbocycles. The Kier molecular flexibility index (Phi) is 14.4. The van der Waals surface area contributed by atoms with Crippen molar-refractivity contribution in [3.63, 3.8) is 0 Å². The highest BCUT2D eigenvalue weighted by atomic mass is 32.2. The zero-order chi connectivity index (χ0) is 30.4. The van der Waals surface area contributed by atoms with Crippen LogP contribution in [0.1, 0.15) is 39.7 Å². The number of carbonyl (C=O) groups excluding carboxylic acids is 2. The van der Waals surface area contributed by atoms with E-state index in [9.17, 15) is 23.1 Å². The molecule has 2 atom stereocenters. The maximum Gasteiger partial charge on any atom is 0.252 e. The van der Waals surface area contributed by atoms with Crippen LogP contribution < -0.4 is 10.7 Å². The molecule has 2 rings (SSSR count). The lowest BCUT2D eigenvalue weighted by Gasteiger charge is -2.37. The Morgan fingerprint density at radius 3 is 2.10 bits per heavy atom. The summed E-state index contributed by atoms with van der Waals surface area (Å²) in [4.78, 5) is 26.5. The predicted molar refractivity (Wildman–Crippen MR) is 159 cm³/mol. The summed E-state index contributed by atoms with van der Waals surface area (Å²) < 4.78 is 33.5. The first-order chi connectivity index (χ1) is 19.4. The fourth-order valence-corrected chi connectivity index (χ4v) is 5.98. The molecule has 3 N–H and O–H groups in total. The molecule has 228 valence electrons. The van der Waals surface area contributed by atoms with E-state index in [1.807, 2.05) is 58.0 Å². The summed E-state index contributed by atoms with van der Waals surface area (Å²) in [6.45, 7) is 8.29. The molecule has 0 saturated carbocycles. The second-order valence-electron chi connectivity index (χ2n) is 10.9. The third-order valence-corrected chi connectivity index (χ3v) is 8.12. The van der Waals surface area contributed by atoms with Gasteiger partial charge in [0.05, 0.1) is 30.2 Å². The summed E-state index contributed by atoms with van der Waals surface area (Å²) in [5, 5.41) is 15.8. The fraction of sp³-hybridized carbons (Fsp3) is 0.533. The number of hydrogen-bond donors (Lipinski definition) is 3. The molecule has 2 aromatic carbocycles. The number of amides is 2. The second-order valence-corrected chi connectivity index (χ2v) is 12.9. The molecule has 0 saturated heterocycles. The molecular weight excluding hydrogens is 544 g/mol. The summed E-state index contributed by atoms with van der Waals surface area (Å²) >= 11 is 0. The molecule has 41 heavy (non-hydrogen) atoms. The monoisotopic (exact) mass is 590 g/mol. The molecule has 2 amide bonds. The van der Waals surface area contributed by atoms with Crippen LogP contribution in [0.25, 0.3) is 0 Å². The van der Waals surface area contributed by atoms with Gasteiger partial charge >= 0.3 is 0 Å². The van der Waals surface area contributed by atoms with Gasteiger partial charge in [0.2, 0.25) is 15.9 Å². The molecule has 0 aliphatic heterocycles. The van der Waals surface area contributed by atoms with Crippen molar-refractivity contribution in [1.82, 2.24) is 20.1 Å². The van der Waals surface area contributed by atoms with Crippen molar-refractivity contribution >= 4 is 21.8 Å². The molecule has 0 aliphatic rings. The minimum atomic E-state index is -3.94. The molecule has 0 fully saturated rings. The van der Waals surface area contributed by atoms with Crippen LogP contribution in [0.2, 0.25) is 0 Å². The van der Waals surface area contributed by atoms with E-state index in [1.165, 1.54) is 21.4 Å². The maximum absolute atomic E-state index is 13.6. The number of nitrogens with one attached hydrogen (secondary N) is 2. The lowest BCUT2D eigenvalue weighted by Crippen LogP contribution is -2.60. The van der Waals surface area contributed by atoms with E-state index in [0.717, 1.165) is 5.56 Å². The minimum Gasteiger partial charge on any atom is -0.390 e. The van der Waals surface area contributed by atoms with Gasteiger partial charge in [-0.15, -0.1) is 0 Å². The van der Waals surface area contributed by atoms with Crippen molar-refractivity contribution in [1.29, 1.82) is 0 Å². The molecule has 0 spiro atoms. The molecule has 10 nitrogen and oxygen atoms in total. The highest BCUT2D eigenvalue weighted by Gasteiger charge is 2.36. The summed E-state index contributed by atoms with van der Waals surface area (Å²) in [5.41, 5.74) is 3.52. The Bertz CT molecular complexity index is 1160. The largest absolute Gasteiger partial charge is 0.390 e. The first-order valence-electron chi connectivity index (χ1n) is 14.0. The highest BCUT2D eigenvalue weighted by molar-refractivity contribution is 7.89. The van der Waals surface area contributed by atoms with Gasteiger partial charge in [0.15, 0.2) is 0 Å². The third-order valence-electron chi connectivity index (χ3n) is 6.27. The van der Waals surface area contributed by atoms with E-state index in [-0.39, 0.29) is 55.1 Å². The number of hydrogen-bond acceptors (Lipinski definition) is 7. The van der Waals surface area contributed by atoms with Crippen LogP contribution in [0, 0.1) is 11.8 Å². The number of ether oxygens (including phenoxy) is 1. The molecule has 0 bridgehead atoms. The van der Waals surface area contributed by atoms with Crippen molar-refractivity contribution in [3.05, 3.63) is 66.2 Å². The quantitative estimate of drug-likeness (QED) is 0.191. The average molecular weight is 591 g/mol. The number of aliphatic hydroxyl groups is 1. The summed E-state index contributed by atoms with van der Waals surface area (Å²) in [7, 11) is -2.38. The number of methoxy groups -OCH3 is 1. The van der Waals surface area contributed by atoms with Crippen molar-refractivity contribution < 1.29 is 27.9 Å². The van der Waals surface area contributed by atoms with Gasteiger partial charge in [0.1, 0.15) is 0 Å². The van der Waals surface area contributed by atoms with Gasteiger partial charge in [0.25, 0.3) is 5.91 Å². The van der Waals surface area contributed by atoms with Crippen molar-refractivity contribution in [3.8, 4) is 0 Å². The molecule has 1 unspecified atom stereocenters. The van der Waals surface area contributed by atoms with Crippen LogP contribution in [-0.4, -0.2) is 86.7 Å². The Morgan fingerprint density at radius 2 is 1.54 bits per heavy atom. The summed E-state index contributed by atoms with van der Waals surface area (Å²) in [6, 6.07) is 16.4. The topological polar surface area (TPSA) is 128 Å². The first kappa shape index (κ1) is 34.4. The van der Waals surface area contributed by atoms with Crippen molar-refractivity contribution in [2.75, 3.05) is 39.9 Å². The van der Waals surface area contributed by atoms with Crippen LogP contribution in [0.4, 0.5) is 0 Å². The number of benzene rings is 2. The van der Waals surface area contributed by atoms with Gasteiger partial charge in [-0.1, -0.05) is 76.2 Å². The normalized spacial score (nSPS) is 13.4. The zero-order valence-corrected chi connectivity index (χ0v) is 25.6. The zero-order valence-electron chi connectivity index (χ0n) is 24.8. The van der Waals surface area contributed by atoms with Gasteiger partial charge in [-0.2, -0.15) is 4.31 Å². The summed E-state index contributed by atoms with van der Waals surface area (Å²) in [5.74, 6) is -0.858. The van der Waals surface area contributed by atoms with E-state index >= 15 is 0 Å². The van der Waals surface area contributed by atoms with E-state index in [2.05, 4.69) is 10.7 Å². The Morgan fingerprint density at radius 1 is 0.927 bits per heavy atom. The molecule has 0 aromatic heterocycles. The predicted octanol–water partition coefficient (Wildman–Crippen LogP) is 2.45. The smallest absolute Gasteiger partial charge is 0.252 e. The van der Waals surface area contributed by atoms with Crippen LogP contribution in [-0.2, 0) is 30.8 Å². The van der Waals surface area contributed by atoms with Gasteiger partial charge in [0, 0.05) is 33.2 Å². The fourth-order valence-electron chi connectivity index (χ4n) is 4.33. The molecular formula is C30H46N4O6S. The lowest BCUT2D eigenvalue weighted by atomic mass is 9.99. The Labute approximate surface area is 245 Å². The number of hydrazine groups is 1. The van der Waals surface area contributed by atoms with E-state index in [0.29, 0.717) is 13.2 Å². The third kappa shape index (κ3) is 11.5. The van der Waals surface area contributed by atoms with Gasteiger partial charge in [-0.3, -0.25) is 15.0 Å². The van der Waals surface area contributed by atoms with Crippen LogP contribution >= 0.6 is 0 Å². The van der Waals surface area contributed by atoms with Gasteiger partial charge in [-0.05, 0) is 36.0 Å². The number of nitrogens with zero attached hydrogens (tertiary/aromatic N) is 2. The summed E-state index contributed by atoms with van der Waals surface area (Å²) in [6.07, 6.45) is -0.984. The van der Waals surface area contributed by atoms with Crippen LogP contribution in [0.5, 0.6) is 0 Å². The number of carbonyl (C=O) groups is 2. The lowest BCUT2D eigenvalue weighted by molar-refractivity contribution is -0.148. The van der Waals surface area contributed by atoms with Crippen molar-refractivity contribution in [2.24, 2.45) is 11.8 Å². The van der Waals surface area contributed by atoms with E-state index < -0.39 is 28.1 Å². The number of rotatable bonds is 17. The Balaban J connectivity index is 2.45. The van der Waals surface area contributed by atoms with Gasteiger partial charge < -0.3 is 15.2 Å². The average Bonchev–Trinajstić information content (AvgIpc) is 2.93. The number of sulfonamides is 1. The molecule has 11 heteroatoms. The maximum atomic E-state index is 13.6. The van der Waals surface area contributed by atoms with Crippen LogP contribution in [0.3, 0.4) is 0 Å². The molecule has 0 radical (unpaired) electrons. The molecule has 2 aromatic rings. The molecule has 0 heterocycles. The Hall–Kier alpha value is -2.83.